The average molecular weight is 451 g/mol. The van der Waals surface area contributed by atoms with Crippen LogP contribution in [0.2, 0.25) is 0 Å². The summed E-state index contributed by atoms with van der Waals surface area (Å²) >= 11 is 2.20. The summed E-state index contributed by atoms with van der Waals surface area (Å²) in [6.07, 6.45) is 1.72. The normalized spacial score (nSPS) is 16.2. The van der Waals surface area contributed by atoms with Crippen LogP contribution in [0, 0.1) is 3.57 Å². The molecule has 1 fully saturated rings. The molecule has 4 nitrogen and oxygen atoms in total. The van der Waals surface area contributed by atoms with Gasteiger partial charge in [-0.25, -0.2) is 0 Å². The van der Waals surface area contributed by atoms with Crippen molar-refractivity contribution >= 4 is 28.5 Å². The van der Waals surface area contributed by atoms with Gasteiger partial charge in [0.1, 0.15) is 5.75 Å². The van der Waals surface area contributed by atoms with Crippen molar-refractivity contribution in [2.45, 2.75) is 18.3 Å². The molecule has 5 heteroatoms. The highest BCUT2D eigenvalue weighted by molar-refractivity contribution is 14.1. The Labute approximate surface area is 162 Å². The van der Waals surface area contributed by atoms with Gasteiger partial charge in [0.2, 0.25) is 0 Å². The number of halogens is 1. The number of nitrogens with one attached hydrogen (secondary N) is 1. The lowest BCUT2D eigenvalue weighted by Gasteiger charge is -2.38. The lowest BCUT2D eigenvalue weighted by molar-refractivity contribution is 0.0479. The van der Waals surface area contributed by atoms with E-state index < -0.39 is 0 Å². The van der Waals surface area contributed by atoms with Gasteiger partial charge in [-0.15, -0.1) is 0 Å². The second-order valence-corrected chi connectivity index (χ2v) is 7.42. The Morgan fingerprint density at radius 2 is 1.84 bits per heavy atom. The van der Waals surface area contributed by atoms with Crippen molar-refractivity contribution in [2.24, 2.45) is 0 Å². The number of hydrogen-bond donors (Lipinski definition) is 1. The maximum absolute atomic E-state index is 12.7. The molecule has 2 aromatic carbocycles. The van der Waals surface area contributed by atoms with Crippen LogP contribution < -0.4 is 10.1 Å². The zero-order valence-electron chi connectivity index (χ0n) is 14.3. The Bertz CT molecular complexity index is 741. The summed E-state index contributed by atoms with van der Waals surface area (Å²) in [6.45, 7) is 1.95. The fourth-order valence-electron chi connectivity index (χ4n) is 3.38. The highest BCUT2D eigenvalue weighted by atomic mass is 127. The molecule has 0 atom stereocenters. The third-order valence-corrected chi connectivity index (χ3v) is 5.77. The van der Waals surface area contributed by atoms with Crippen LogP contribution in [0.1, 0.15) is 28.8 Å². The van der Waals surface area contributed by atoms with Crippen LogP contribution >= 0.6 is 22.6 Å². The van der Waals surface area contributed by atoms with Gasteiger partial charge in [0.25, 0.3) is 5.91 Å². The SMILES string of the molecule is COc1ccccc1C1(CNC(=O)c2ccccc2I)CCOCC1. The number of ether oxygens (including phenoxy) is 2. The van der Waals surface area contributed by atoms with Crippen LogP contribution in [-0.4, -0.2) is 32.8 Å². The third-order valence-electron chi connectivity index (χ3n) is 4.83. The van der Waals surface area contributed by atoms with Gasteiger partial charge < -0.3 is 14.8 Å². The summed E-state index contributed by atoms with van der Waals surface area (Å²) in [5.74, 6) is 0.832. The molecule has 1 aliphatic heterocycles. The molecule has 1 heterocycles. The number of para-hydroxylation sites is 1. The number of rotatable bonds is 5. The van der Waals surface area contributed by atoms with E-state index >= 15 is 0 Å². The fourth-order valence-corrected chi connectivity index (χ4v) is 4.01. The zero-order chi connectivity index (χ0) is 17.7. The lowest BCUT2D eigenvalue weighted by atomic mass is 9.73. The zero-order valence-corrected chi connectivity index (χ0v) is 16.4. The largest absolute Gasteiger partial charge is 0.496 e. The van der Waals surface area contributed by atoms with Gasteiger partial charge in [0.05, 0.1) is 12.7 Å². The van der Waals surface area contributed by atoms with Crippen LogP contribution in [0.15, 0.2) is 48.5 Å². The minimum atomic E-state index is -0.166. The predicted octanol–water partition coefficient (Wildman–Crippen LogP) is 3.78. The topological polar surface area (TPSA) is 47.6 Å². The molecule has 1 saturated heterocycles. The average Bonchev–Trinajstić information content (AvgIpc) is 2.67. The standard InChI is InChI=1S/C20H22INO3/c1-24-18-9-5-3-7-16(18)20(10-12-25-13-11-20)14-22-19(23)15-6-2-4-8-17(15)21/h2-9H,10-14H2,1H3,(H,22,23). The number of benzene rings is 2. The molecule has 0 aliphatic carbocycles. The molecular weight excluding hydrogens is 429 g/mol. The fraction of sp³-hybridized carbons (Fsp3) is 0.350. The molecule has 0 radical (unpaired) electrons. The van der Waals surface area contributed by atoms with Crippen LogP contribution in [0.4, 0.5) is 0 Å². The van der Waals surface area contributed by atoms with Crippen molar-refractivity contribution in [3.05, 3.63) is 63.2 Å². The summed E-state index contributed by atoms with van der Waals surface area (Å²) < 4.78 is 12.1. The van der Waals surface area contributed by atoms with E-state index in [4.69, 9.17) is 9.47 Å². The predicted molar refractivity (Wildman–Crippen MR) is 106 cm³/mol. The third kappa shape index (κ3) is 3.98. The van der Waals surface area contributed by atoms with E-state index in [1.54, 1.807) is 7.11 Å². The van der Waals surface area contributed by atoms with E-state index in [9.17, 15) is 4.79 Å². The molecule has 0 spiro atoms. The second-order valence-electron chi connectivity index (χ2n) is 6.26. The molecule has 0 aromatic heterocycles. The Morgan fingerprint density at radius 1 is 1.16 bits per heavy atom. The van der Waals surface area contributed by atoms with Crippen LogP contribution in [0.3, 0.4) is 0 Å². The summed E-state index contributed by atoms with van der Waals surface area (Å²) in [7, 11) is 1.69. The molecule has 0 unspecified atom stereocenters. The van der Waals surface area contributed by atoms with Crippen LogP contribution in [0.25, 0.3) is 0 Å². The summed E-state index contributed by atoms with van der Waals surface area (Å²) in [6, 6.07) is 15.7. The first kappa shape index (κ1) is 18.2. The molecule has 3 rings (SSSR count). The van der Waals surface area contributed by atoms with Gasteiger partial charge in [-0.2, -0.15) is 0 Å². The van der Waals surface area contributed by atoms with E-state index in [-0.39, 0.29) is 11.3 Å². The molecular formula is C20H22INO3. The first-order chi connectivity index (χ1) is 12.2. The van der Waals surface area contributed by atoms with Crippen molar-refractivity contribution < 1.29 is 14.3 Å². The highest BCUT2D eigenvalue weighted by Crippen LogP contribution is 2.39. The first-order valence-electron chi connectivity index (χ1n) is 8.40. The van der Waals surface area contributed by atoms with Gasteiger partial charge in [-0.05, 0) is 53.6 Å². The summed E-state index contributed by atoms with van der Waals surface area (Å²) in [5, 5.41) is 3.15. The van der Waals surface area contributed by atoms with E-state index in [0.717, 1.165) is 27.7 Å². The van der Waals surface area contributed by atoms with Crippen LogP contribution in [-0.2, 0) is 10.2 Å². The van der Waals surface area contributed by atoms with Gasteiger partial charge in [-0.3, -0.25) is 4.79 Å². The maximum atomic E-state index is 12.7. The van der Waals surface area contributed by atoms with Gasteiger partial charge >= 0.3 is 0 Å². The molecule has 1 aliphatic rings. The number of hydrogen-bond acceptors (Lipinski definition) is 3. The van der Waals surface area contributed by atoms with E-state index in [0.29, 0.717) is 25.3 Å². The Balaban J connectivity index is 1.84. The Morgan fingerprint density at radius 3 is 2.56 bits per heavy atom. The summed E-state index contributed by atoms with van der Waals surface area (Å²) in [5.41, 5.74) is 1.69. The molecule has 2 aromatic rings. The number of carbonyl (C=O) groups is 1. The maximum Gasteiger partial charge on any atom is 0.252 e. The first-order valence-corrected chi connectivity index (χ1v) is 9.48. The monoisotopic (exact) mass is 451 g/mol. The van der Waals surface area contributed by atoms with Crippen molar-refractivity contribution in [1.82, 2.24) is 5.32 Å². The van der Waals surface area contributed by atoms with Gasteiger partial charge in [0, 0.05) is 34.3 Å². The molecule has 25 heavy (non-hydrogen) atoms. The van der Waals surface area contributed by atoms with E-state index in [2.05, 4.69) is 34.0 Å². The van der Waals surface area contributed by atoms with E-state index in [1.807, 2.05) is 42.5 Å². The van der Waals surface area contributed by atoms with Gasteiger partial charge in [-0.1, -0.05) is 30.3 Å². The minimum absolute atomic E-state index is 0.0363. The Hall–Kier alpha value is -1.60. The van der Waals surface area contributed by atoms with Crippen LogP contribution in [0.5, 0.6) is 5.75 Å². The lowest BCUT2D eigenvalue weighted by Crippen LogP contribution is -2.45. The number of carbonyl (C=O) groups excluding carboxylic acids is 1. The Kier molecular flexibility index (Phi) is 5.96. The quantitative estimate of drug-likeness (QED) is 0.705. The summed E-state index contributed by atoms with van der Waals surface area (Å²) in [4.78, 5) is 12.7. The van der Waals surface area contributed by atoms with Crippen molar-refractivity contribution in [2.75, 3.05) is 26.9 Å². The molecule has 1 amide bonds. The van der Waals surface area contributed by atoms with Crippen molar-refractivity contribution in [3.8, 4) is 5.75 Å². The molecule has 0 bridgehead atoms. The molecule has 132 valence electrons. The highest BCUT2D eigenvalue weighted by Gasteiger charge is 2.37. The van der Waals surface area contributed by atoms with Gasteiger partial charge in [0.15, 0.2) is 0 Å². The van der Waals surface area contributed by atoms with Crippen molar-refractivity contribution in [1.29, 1.82) is 0 Å². The van der Waals surface area contributed by atoms with Crippen molar-refractivity contribution in [3.63, 3.8) is 0 Å². The minimum Gasteiger partial charge on any atom is -0.496 e. The number of amides is 1. The van der Waals surface area contributed by atoms with E-state index in [1.165, 1.54) is 0 Å². The molecule has 0 saturated carbocycles. The second kappa shape index (κ2) is 8.19. The molecule has 1 N–H and O–H groups in total. The number of methoxy groups -OCH3 is 1. The smallest absolute Gasteiger partial charge is 0.252 e.